The molecule has 1 aromatic carbocycles. The Morgan fingerprint density at radius 1 is 1.45 bits per heavy atom. The highest BCUT2D eigenvalue weighted by Gasteiger charge is 2.48. The van der Waals surface area contributed by atoms with Crippen molar-refractivity contribution in [3.05, 3.63) is 29.3 Å². The molecule has 1 aliphatic rings. The summed E-state index contributed by atoms with van der Waals surface area (Å²) in [5, 5.41) is 20.8. The van der Waals surface area contributed by atoms with E-state index in [1.54, 1.807) is 19.1 Å². The Hall–Kier alpha value is -2.35. The summed E-state index contributed by atoms with van der Waals surface area (Å²) in [4.78, 5) is 23.1. The molecular weight excluding hydrogens is 256 g/mol. The fourth-order valence-electron chi connectivity index (χ4n) is 2.69. The van der Waals surface area contributed by atoms with Crippen LogP contribution in [0.25, 0.3) is 0 Å². The van der Waals surface area contributed by atoms with Crippen molar-refractivity contribution in [1.29, 1.82) is 5.26 Å². The number of carbonyl (C=O) groups is 2. The SMILES string of the molecule is Cc1cc(NC(=O)C2(C#N)CC(C)C2)ccc1C(=O)O. The lowest BCUT2D eigenvalue weighted by Gasteiger charge is -2.39. The Morgan fingerprint density at radius 3 is 2.55 bits per heavy atom. The number of amides is 1. The third-order valence-electron chi connectivity index (χ3n) is 3.76. The number of hydrogen-bond donors (Lipinski definition) is 2. The van der Waals surface area contributed by atoms with E-state index in [4.69, 9.17) is 5.11 Å². The van der Waals surface area contributed by atoms with Crippen LogP contribution in [0.1, 0.15) is 35.7 Å². The number of aryl methyl sites for hydroxylation is 1. The Labute approximate surface area is 117 Å². The van der Waals surface area contributed by atoms with E-state index in [9.17, 15) is 14.9 Å². The molecule has 0 saturated heterocycles. The van der Waals surface area contributed by atoms with Gasteiger partial charge in [-0.1, -0.05) is 6.92 Å². The van der Waals surface area contributed by atoms with Crippen molar-refractivity contribution in [2.45, 2.75) is 26.7 Å². The molecule has 20 heavy (non-hydrogen) atoms. The molecule has 1 amide bonds. The van der Waals surface area contributed by atoms with E-state index in [1.807, 2.05) is 6.92 Å². The summed E-state index contributed by atoms with van der Waals surface area (Å²) in [7, 11) is 0. The topological polar surface area (TPSA) is 90.2 Å². The molecule has 104 valence electrons. The lowest BCUT2D eigenvalue weighted by molar-refractivity contribution is -0.128. The summed E-state index contributed by atoms with van der Waals surface area (Å²) in [6.07, 6.45) is 1.14. The van der Waals surface area contributed by atoms with E-state index in [0.29, 0.717) is 30.0 Å². The van der Waals surface area contributed by atoms with Gasteiger partial charge in [-0.15, -0.1) is 0 Å². The van der Waals surface area contributed by atoms with E-state index in [2.05, 4.69) is 11.4 Å². The second kappa shape index (κ2) is 4.97. The fraction of sp³-hybridized carbons (Fsp3) is 0.400. The molecule has 0 radical (unpaired) electrons. The molecule has 0 aliphatic heterocycles. The van der Waals surface area contributed by atoms with Gasteiger partial charge in [0.1, 0.15) is 5.41 Å². The molecule has 2 rings (SSSR count). The van der Waals surface area contributed by atoms with Gasteiger partial charge < -0.3 is 10.4 Å². The number of nitriles is 1. The second-order valence-electron chi connectivity index (χ2n) is 5.50. The maximum atomic E-state index is 12.2. The van der Waals surface area contributed by atoms with Crippen molar-refractivity contribution in [3.63, 3.8) is 0 Å². The minimum absolute atomic E-state index is 0.204. The molecule has 1 aromatic rings. The summed E-state index contributed by atoms with van der Waals surface area (Å²) in [6, 6.07) is 6.71. The molecule has 0 unspecified atom stereocenters. The van der Waals surface area contributed by atoms with Crippen LogP contribution in [0, 0.1) is 29.6 Å². The minimum Gasteiger partial charge on any atom is -0.478 e. The first-order valence-corrected chi connectivity index (χ1v) is 6.44. The van der Waals surface area contributed by atoms with E-state index in [1.165, 1.54) is 6.07 Å². The predicted molar refractivity (Wildman–Crippen MR) is 73.2 cm³/mol. The maximum absolute atomic E-state index is 12.2. The lowest BCUT2D eigenvalue weighted by atomic mass is 9.63. The number of carbonyl (C=O) groups excluding carboxylic acids is 1. The second-order valence-corrected chi connectivity index (χ2v) is 5.50. The van der Waals surface area contributed by atoms with Crippen LogP contribution in [0.15, 0.2) is 18.2 Å². The number of nitrogens with one attached hydrogen (secondary N) is 1. The van der Waals surface area contributed by atoms with Gasteiger partial charge in [0.05, 0.1) is 11.6 Å². The maximum Gasteiger partial charge on any atom is 0.335 e. The molecule has 2 N–H and O–H groups in total. The van der Waals surface area contributed by atoms with E-state index >= 15 is 0 Å². The van der Waals surface area contributed by atoms with Gasteiger partial charge in [-0.2, -0.15) is 5.26 Å². The van der Waals surface area contributed by atoms with Crippen molar-refractivity contribution in [1.82, 2.24) is 0 Å². The molecule has 1 saturated carbocycles. The normalized spacial score (nSPS) is 24.4. The first-order chi connectivity index (χ1) is 9.38. The Bertz CT molecular complexity index is 610. The summed E-state index contributed by atoms with van der Waals surface area (Å²) in [6.45, 7) is 3.68. The van der Waals surface area contributed by atoms with Crippen molar-refractivity contribution < 1.29 is 14.7 Å². The van der Waals surface area contributed by atoms with Crippen LogP contribution in [0.3, 0.4) is 0 Å². The highest BCUT2D eigenvalue weighted by Crippen LogP contribution is 2.45. The quantitative estimate of drug-likeness (QED) is 0.884. The first kappa shape index (κ1) is 14.1. The van der Waals surface area contributed by atoms with Crippen molar-refractivity contribution >= 4 is 17.6 Å². The van der Waals surface area contributed by atoms with Crippen LogP contribution < -0.4 is 5.32 Å². The van der Waals surface area contributed by atoms with Gasteiger partial charge in [-0.25, -0.2) is 4.79 Å². The van der Waals surface area contributed by atoms with E-state index in [0.717, 1.165) is 0 Å². The van der Waals surface area contributed by atoms with Crippen molar-refractivity contribution in [3.8, 4) is 6.07 Å². The van der Waals surface area contributed by atoms with Gasteiger partial charge in [0.15, 0.2) is 0 Å². The zero-order chi connectivity index (χ0) is 14.9. The number of anilines is 1. The third kappa shape index (κ3) is 2.37. The van der Waals surface area contributed by atoms with Gasteiger partial charge in [0.2, 0.25) is 5.91 Å². The highest BCUT2D eigenvalue weighted by atomic mass is 16.4. The monoisotopic (exact) mass is 272 g/mol. The van der Waals surface area contributed by atoms with Crippen LogP contribution in [-0.2, 0) is 4.79 Å². The number of aromatic carboxylic acids is 1. The first-order valence-electron chi connectivity index (χ1n) is 6.44. The number of hydrogen-bond acceptors (Lipinski definition) is 3. The molecule has 0 bridgehead atoms. The van der Waals surface area contributed by atoms with Gasteiger partial charge >= 0.3 is 5.97 Å². The molecule has 1 fully saturated rings. The molecule has 0 spiro atoms. The number of nitrogens with zero attached hydrogens (tertiary/aromatic N) is 1. The van der Waals surface area contributed by atoms with Gasteiger partial charge in [0.25, 0.3) is 0 Å². The van der Waals surface area contributed by atoms with Crippen LogP contribution in [0.4, 0.5) is 5.69 Å². The summed E-state index contributed by atoms with van der Waals surface area (Å²) in [5.41, 5.74) is 0.365. The molecule has 5 heteroatoms. The lowest BCUT2D eigenvalue weighted by Crippen LogP contribution is -2.45. The van der Waals surface area contributed by atoms with E-state index < -0.39 is 11.4 Å². The van der Waals surface area contributed by atoms with Gasteiger partial charge in [-0.3, -0.25) is 4.79 Å². The van der Waals surface area contributed by atoms with Crippen LogP contribution in [0.5, 0.6) is 0 Å². The zero-order valence-electron chi connectivity index (χ0n) is 11.4. The average molecular weight is 272 g/mol. The summed E-state index contributed by atoms with van der Waals surface area (Å²) >= 11 is 0. The van der Waals surface area contributed by atoms with Crippen molar-refractivity contribution in [2.24, 2.45) is 11.3 Å². The zero-order valence-corrected chi connectivity index (χ0v) is 11.4. The molecule has 0 atom stereocenters. The van der Waals surface area contributed by atoms with Crippen molar-refractivity contribution in [2.75, 3.05) is 5.32 Å². The number of rotatable bonds is 3. The van der Waals surface area contributed by atoms with Gasteiger partial charge in [0, 0.05) is 5.69 Å². The molecular formula is C15H16N2O3. The summed E-state index contributed by atoms with van der Waals surface area (Å²) < 4.78 is 0. The summed E-state index contributed by atoms with van der Waals surface area (Å²) in [5.74, 6) is -0.918. The minimum atomic E-state index is -0.998. The standard InChI is InChI=1S/C15H16N2O3/c1-9-6-15(7-9,8-16)14(20)17-11-3-4-12(13(18)19)10(2)5-11/h3-5,9H,6-7H2,1-2H3,(H,17,20)(H,18,19). The highest BCUT2D eigenvalue weighted by molar-refractivity contribution is 5.98. The third-order valence-corrected chi connectivity index (χ3v) is 3.76. The van der Waals surface area contributed by atoms with Crippen LogP contribution in [-0.4, -0.2) is 17.0 Å². The smallest absolute Gasteiger partial charge is 0.335 e. The van der Waals surface area contributed by atoms with E-state index in [-0.39, 0.29) is 11.5 Å². The average Bonchev–Trinajstić information content (AvgIpc) is 2.34. The molecule has 0 heterocycles. The molecule has 0 aromatic heterocycles. The number of benzene rings is 1. The van der Waals surface area contributed by atoms with Crippen LogP contribution >= 0.6 is 0 Å². The molecule has 1 aliphatic carbocycles. The predicted octanol–water partition coefficient (Wildman–Crippen LogP) is 2.57. The largest absolute Gasteiger partial charge is 0.478 e. The molecule has 5 nitrogen and oxygen atoms in total. The Kier molecular flexibility index (Phi) is 3.49. The number of carboxylic acids is 1. The van der Waals surface area contributed by atoms with Gasteiger partial charge in [-0.05, 0) is 49.4 Å². The Morgan fingerprint density at radius 2 is 2.10 bits per heavy atom. The van der Waals surface area contributed by atoms with Crippen LogP contribution in [0.2, 0.25) is 0 Å². The Balaban J connectivity index is 2.15. The number of carboxylic acid groups (broad SMARTS) is 1. The fourth-order valence-corrected chi connectivity index (χ4v) is 2.69.